The fraction of sp³-hybridized carbons (Fsp3) is 0.200. The summed E-state index contributed by atoms with van der Waals surface area (Å²) in [6, 6.07) is 18.1. The molecule has 0 radical (unpaired) electrons. The molecule has 1 N–H and O–H groups in total. The van der Waals surface area contributed by atoms with Crippen LogP contribution in [0.25, 0.3) is 10.9 Å². The van der Waals surface area contributed by atoms with Gasteiger partial charge in [-0.05, 0) is 43.2 Å². The van der Waals surface area contributed by atoms with Crippen LogP contribution in [-0.2, 0) is 11.3 Å². The second kappa shape index (κ2) is 9.23. The Balaban J connectivity index is 1.54. The third-order valence-corrected chi connectivity index (χ3v) is 5.26. The molecule has 6 heteroatoms. The molecule has 4 rings (SSSR count). The van der Waals surface area contributed by atoms with Crippen LogP contribution in [0, 0.1) is 17.2 Å². The SMILES string of the molecule is CC1=N\CC(C(=O)Nc2cccc3c2cnn3Cc2ccccc2)C/C=C/C(C#N)=C\1. The highest BCUT2D eigenvalue weighted by Gasteiger charge is 2.19. The Labute approximate surface area is 181 Å². The molecule has 1 unspecified atom stereocenters. The van der Waals surface area contributed by atoms with Gasteiger partial charge in [-0.25, -0.2) is 0 Å². The first-order valence-electron chi connectivity index (χ1n) is 10.2. The maximum absolute atomic E-state index is 13.0. The number of nitriles is 1. The zero-order valence-electron chi connectivity index (χ0n) is 17.3. The minimum Gasteiger partial charge on any atom is -0.325 e. The smallest absolute Gasteiger partial charge is 0.229 e. The van der Waals surface area contributed by atoms with Gasteiger partial charge in [0.15, 0.2) is 0 Å². The average Bonchev–Trinajstić information content (AvgIpc) is 3.22. The van der Waals surface area contributed by atoms with Gasteiger partial charge in [-0.3, -0.25) is 14.5 Å². The van der Waals surface area contributed by atoms with Gasteiger partial charge in [-0.2, -0.15) is 10.4 Å². The molecular formula is C25H23N5O. The van der Waals surface area contributed by atoms with Crippen LogP contribution in [0.4, 0.5) is 5.69 Å². The number of benzene rings is 2. The van der Waals surface area contributed by atoms with Crippen LogP contribution in [0.1, 0.15) is 18.9 Å². The van der Waals surface area contributed by atoms with E-state index in [0.29, 0.717) is 25.1 Å². The van der Waals surface area contributed by atoms with Gasteiger partial charge >= 0.3 is 0 Å². The van der Waals surface area contributed by atoms with Crippen LogP contribution in [-0.4, -0.2) is 27.9 Å². The van der Waals surface area contributed by atoms with Gasteiger partial charge in [-0.1, -0.05) is 42.5 Å². The van der Waals surface area contributed by atoms with E-state index in [1.807, 2.05) is 54.1 Å². The first-order valence-corrected chi connectivity index (χ1v) is 10.2. The Kier molecular flexibility index (Phi) is 6.04. The van der Waals surface area contributed by atoms with Gasteiger partial charge in [0.2, 0.25) is 5.91 Å². The van der Waals surface area contributed by atoms with E-state index in [2.05, 4.69) is 33.6 Å². The number of amides is 1. The van der Waals surface area contributed by atoms with Crippen molar-refractivity contribution in [3.8, 4) is 6.07 Å². The van der Waals surface area contributed by atoms with Crippen molar-refractivity contribution in [1.29, 1.82) is 5.26 Å². The van der Waals surface area contributed by atoms with Crippen LogP contribution < -0.4 is 5.32 Å². The number of anilines is 1. The van der Waals surface area contributed by atoms with Gasteiger partial charge in [0.25, 0.3) is 0 Å². The third-order valence-electron chi connectivity index (χ3n) is 5.26. The quantitative estimate of drug-likeness (QED) is 0.688. The van der Waals surface area contributed by atoms with E-state index in [9.17, 15) is 10.1 Å². The Morgan fingerprint density at radius 3 is 2.87 bits per heavy atom. The summed E-state index contributed by atoms with van der Waals surface area (Å²) in [5.74, 6) is -0.405. The normalized spacial score (nSPS) is 20.8. The second-order valence-electron chi connectivity index (χ2n) is 7.54. The zero-order valence-corrected chi connectivity index (χ0v) is 17.3. The van der Waals surface area contributed by atoms with Crippen molar-refractivity contribution in [2.75, 3.05) is 11.9 Å². The number of nitrogens with zero attached hydrogens (tertiary/aromatic N) is 4. The van der Waals surface area contributed by atoms with Crippen LogP contribution in [0.15, 0.2) is 83.5 Å². The molecule has 3 aromatic rings. The molecule has 1 aliphatic heterocycles. The van der Waals surface area contributed by atoms with Crippen LogP contribution in [0.3, 0.4) is 0 Å². The van der Waals surface area contributed by atoms with Crippen molar-refractivity contribution in [3.63, 3.8) is 0 Å². The van der Waals surface area contributed by atoms with Crippen LogP contribution in [0.2, 0.25) is 0 Å². The molecule has 1 amide bonds. The number of hydrogen-bond donors (Lipinski definition) is 1. The molecule has 6 nitrogen and oxygen atoms in total. The lowest BCUT2D eigenvalue weighted by Crippen LogP contribution is -2.25. The Hall–Kier alpha value is -3.98. The van der Waals surface area contributed by atoms with E-state index >= 15 is 0 Å². The Morgan fingerprint density at radius 1 is 1.23 bits per heavy atom. The monoisotopic (exact) mass is 409 g/mol. The maximum Gasteiger partial charge on any atom is 0.229 e. The molecule has 0 fully saturated rings. The summed E-state index contributed by atoms with van der Waals surface area (Å²) in [7, 11) is 0. The molecule has 1 aliphatic rings. The number of hydrogen-bond acceptors (Lipinski definition) is 4. The summed E-state index contributed by atoms with van der Waals surface area (Å²) in [6.07, 6.45) is 7.66. The predicted octanol–water partition coefficient (Wildman–Crippen LogP) is 4.51. The number of carbonyl (C=O) groups is 1. The van der Waals surface area contributed by atoms with Crippen molar-refractivity contribution in [3.05, 3.63) is 84.1 Å². The summed E-state index contributed by atoms with van der Waals surface area (Å²) in [5, 5.41) is 17.7. The molecule has 2 heterocycles. The Morgan fingerprint density at radius 2 is 2.06 bits per heavy atom. The van der Waals surface area contributed by atoms with E-state index in [1.54, 1.807) is 18.3 Å². The summed E-state index contributed by atoms with van der Waals surface area (Å²) in [4.78, 5) is 17.5. The van der Waals surface area contributed by atoms with E-state index in [1.165, 1.54) is 0 Å². The molecular weight excluding hydrogens is 386 g/mol. The standard InChI is InChI=1S/C25H23N5O/c1-18-13-20(14-26)9-5-10-21(15-27-18)25(31)29-23-11-6-12-24-22(23)16-28-30(24)17-19-7-3-2-4-8-19/h2-9,11-13,16,21H,10,15,17H2,1H3,(H,29,31)/b9-5+,20-13+,27-18+. The highest BCUT2D eigenvalue weighted by molar-refractivity contribution is 6.02. The van der Waals surface area contributed by atoms with Crippen molar-refractivity contribution in [1.82, 2.24) is 9.78 Å². The first kappa shape index (κ1) is 20.3. The van der Waals surface area contributed by atoms with Crippen LogP contribution in [0.5, 0.6) is 0 Å². The topological polar surface area (TPSA) is 83.1 Å². The lowest BCUT2D eigenvalue weighted by atomic mass is 10.0. The number of aliphatic imine (C=N–C) groups is 1. The Bertz CT molecular complexity index is 1230. The van der Waals surface area contributed by atoms with Crippen molar-refractivity contribution >= 4 is 28.2 Å². The summed E-state index contributed by atoms with van der Waals surface area (Å²) in [5.41, 5.74) is 4.15. The zero-order chi connectivity index (χ0) is 21.6. The molecule has 0 saturated carbocycles. The van der Waals surface area contributed by atoms with Crippen molar-refractivity contribution < 1.29 is 4.79 Å². The molecule has 0 saturated heterocycles. The molecule has 0 spiro atoms. The molecule has 154 valence electrons. The fourth-order valence-electron chi connectivity index (χ4n) is 3.60. The first-order chi connectivity index (χ1) is 15.1. The van der Waals surface area contributed by atoms with Gasteiger partial charge in [0.05, 0.1) is 48.1 Å². The maximum atomic E-state index is 13.0. The van der Waals surface area contributed by atoms with Crippen molar-refractivity contribution in [2.24, 2.45) is 10.9 Å². The molecule has 1 aromatic heterocycles. The van der Waals surface area contributed by atoms with Gasteiger partial charge in [0.1, 0.15) is 0 Å². The van der Waals surface area contributed by atoms with E-state index in [4.69, 9.17) is 0 Å². The van der Waals surface area contributed by atoms with Gasteiger partial charge < -0.3 is 5.32 Å². The molecule has 0 aliphatic carbocycles. The third kappa shape index (κ3) is 4.78. The summed E-state index contributed by atoms with van der Waals surface area (Å²) >= 11 is 0. The number of carbonyl (C=O) groups excluding carboxylic acids is 1. The lowest BCUT2D eigenvalue weighted by Gasteiger charge is -2.14. The largest absolute Gasteiger partial charge is 0.325 e. The fourth-order valence-corrected chi connectivity index (χ4v) is 3.60. The molecule has 1 atom stereocenters. The number of nitrogens with one attached hydrogen (secondary N) is 1. The molecule has 0 bridgehead atoms. The number of aromatic nitrogens is 2. The summed E-state index contributed by atoms with van der Waals surface area (Å²) < 4.78 is 1.94. The van der Waals surface area contributed by atoms with Crippen molar-refractivity contribution in [2.45, 2.75) is 19.9 Å². The highest BCUT2D eigenvalue weighted by atomic mass is 16.1. The molecule has 2 aromatic carbocycles. The highest BCUT2D eigenvalue weighted by Crippen LogP contribution is 2.25. The van der Waals surface area contributed by atoms with E-state index in [-0.39, 0.29) is 11.8 Å². The summed E-state index contributed by atoms with van der Waals surface area (Å²) in [6.45, 7) is 2.88. The average molecular weight is 409 g/mol. The number of fused-ring (bicyclic) bond motifs is 1. The molecule has 31 heavy (non-hydrogen) atoms. The van der Waals surface area contributed by atoms with Gasteiger partial charge in [0, 0.05) is 11.1 Å². The predicted molar refractivity (Wildman–Crippen MR) is 123 cm³/mol. The lowest BCUT2D eigenvalue weighted by molar-refractivity contribution is -0.119. The van der Waals surface area contributed by atoms with E-state index in [0.717, 1.165) is 27.9 Å². The van der Waals surface area contributed by atoms with Gasteiger partial charge in [-0.15, -0.1) is 0 Å². The van der Waals surface area contributed by atoms with Crippen LogP contribution >= 0.6 is 0 Å². The number of allylic oxidation sites excluding steroid dienone is 4. The minimum absolute atomic E-state index is 0.0927. The second-order valence-corrected chi connectivity index (χ2v) is 7.54. The minimum atomic E-state index is -0.313. The number of rotatable bonds is 4. The van der Waals surface area contributed by atoms with E-state index < -0.39 is 0 Å².